The average Bonchev–Trinajstić information content (AvgIpc) is 3.34. The second kappa shape index (κ2) is 13.7. The van der Waals surface area contributed by atoms with Crippen LogP contribution in [-0.2, 0) is 33.1 Å². The Morgan fingerprint density at radius 3 is 2.48 bits per heavy atom. The Morgan fingerprint density at radius 2 is 1.88 bits per heavy atom. The van der Waals surface area contributed by atoms with Crippen molar-refractivity contribution in [2.45, 2.75) is 50.7 Å². The first kappa shape index (κ1) is 30.8. The van der Waals surface area contributed by atoms with E-state index in [9.17, 15) is 13.2 Å². The van der Waals surface area contributed by atoms with Gasteiger partial charge in [0.05, 0.1) is 34.7 Å². The van der Waals surface area contributed by atoms with Gasteiger partial charge < -0.3 is 15.0 Å². The van der Waals surface area contributed by atoms with E-state index in [1.807, 2.05) is 38.1 Å². The number of likely N-dealkylation sites (tertiary alicyclic amines) is 1. The number of hydrogen-bond donors (Lipinski definition) is 2. The van der Waals surface area contributed by atoms with Crippen LogP contribution in [0.1, 0.15) is 31.4 Å². The molecule has 3 heterocycles. The Bertz CT molecular complexity index is 1600. The summed E-state index contributed by atoms with van der Waals surface area (Å²) < 4.78 is 36.7. The molecule has 42 heavy (non-hydrogen) atoms. The number of aryl methyl sites for hydroxylation is 3. The predicted molar refractivity (Wildman–Crippen MR) is 160 cm³/mol. The Labute approximate surface area is 246 Å². The van der Waals surface area contributed by atoms with Crippen LogP contribution in [0.15, 0.2) is 78.1 Å². The van der Waals surface area contributed by atoms with Crippen LogP contribution in [0.3, 0.4) is 0 Å². The highest BCUT2D eigenvalue weighted by Gasteiger charge is 2.31. The molecule has 1 aliphatic rings. The van der Waals surface area contributed by atoms with Gasteiger partial charge in [-0.2, -0.15) is 13.5 Å². The zero-order valence-corrected chi connectivity index (χ0v) is 25.0. The van der Waals surface area contributed by atoms with Crippen molar-refractivity contribution in [1.82, 2.24) is 24.6 Å². The molecule has 5 rings (SSSR count). The van der Waals surface area contributed by atoms with Crippen molar-refractivity contribution in [2.24, 2.45) is 7.05 Å². The van der Waals surface area contributed by atoms with E-state index in [4.69, 9.17) is 9.29 Å². The highest BCUT2D eigenvalue weighted by atomic mass is 32.2. The summed E-state index contributed by atoms with van der Waals surface area (Å²) >= 11 is 0. The number of aromatic nitrogens is 4. The number of hydrogen-bond acceptors (Lipinski definition) is 8. The maximum absolute atomic E-state index is 12.5. The van der Waals surface area contributed by atoms with E-state index in [1.165, 1.54) is 17.7 Å². The molecule has 0 aliphatic carbocycles. The summed E-state index contributed by atoms with van der Waals surface area (Å²) in [6.45, 7) is 7.54. The fourth-order valence-electron chi connectivity index (χ4n) is 4.44. The third-order valence-electron chi connectivity index (χ3n) is 6.57. The van der Waals surface area contributed by atoms with E-state index in [2.05, 4.69) is 45.5 Å². The lowest BCUT2D eigenvalue weighted by Gasteiger charge is -2.40. The summed E-state index contributed by atoms with van der Waals surface area (Å²) in [6.07, 6.45) is 6.98. The van der Waals surface area contributed by atoms with Gasteiger partial charge in [0, 0.05) is 44.5 Å². The molecule has 0 unspecified atom stereocenters. The Morgan fingerprint density at radius 1 is 1.14 bits per heavy atom. The lowest BCUT2D eigenvalue weighted by atomic mass is 9.99. The van der Waals surface area contributed by atoms with Crippen LogP contribution in [0.25, 0.3) is 11.3 Å². The first-order valence-corrected chi connectivity index (χ1v) is 15.1. The van der Waals surface area contributed by atoms with Crippen LogP contribution in [-0.4, -0.2) is 68.8 Å². The van der Waals surface area contributed by atoms with Gasteiger partial charge in [0.25, 0.3) is 10.1 Å². The number of anilines is 2. The number of carbonyl (C=O) groups is 1. The quantitative estimate of drug-likeness (QED) is 0.270. The molecule has 1 amide bonds. The second-order valence-electron chi connectivity index (χ2n) is 10.3. The maximum atomic E-state index is 12.5. The van der Waals surface area contributed by atoms with E-state index in [1.54, 1.807) is 35.3 Å². The van der Waals surface area contributed by atoms with Crippen molar-refractivity contribution in [3.8, 4) is 11.3 Å². The summed E-state index contributed by atoms with van der Waals surface area (Å²) in [4.78, 5) is 23.2. The molecule has 1 fully saturated rings. The second-order valence-corrected chi connectivity index (χ2v) is 11.7. The third kappa shape index (κ3) is 8.68. The van der Waals surface area contributed by atoms with E-state index in [0.29, 0.717) is 25.5 Å². The highest BCUT2D eigenvalue weighted by Crippen LogP contribution is 2.24. The third-order valence-corrected chi connectivity index (χ3v) is 7.44. The van der Waals surface area contributed by atoms with Crippen LogP contribution in [0.5, 0.6) is 0 Å². The SMILES string of the molecule is Cc1cc(-c2ccnc(Nc3cnn(C)c3)n2)ccc1CCC(=O)N1CC(OC(C)C)C1.O=S(=O)(O)c1ccccc1. The number of benzene rings is 2. The Balaban J connectivity index is 0.000000343. The van der Waals surface area contributed by atoms with Gasteiger partial charge in [0.1, 0.15) is 0 Å². The summed E-state index contributed by atoms with van der Waals surface area (Å²) in [5.41, 5.74) is 5.03. The monoisotopic (exact) mass is 592 g/mol. The van der Waals surface area contributed by atoms with Crippen LogP contribution >= 0.6 is 0 Å². The van der Waals surface area contributed by atoms with Crippen LogP contribution in [0, 0.1) is 6.92 Å². The molecule has 1 saturated heterocycles. The number of amides is 1. The van der Waals surface area contributed by atoms with Crippen molar-refractivity contribution >= 4 is 27.7 Å². The summed E-state index contributed by atoms with van der Waals surface area (Å²) in [7, 11) is -2.14. The van der Waals surface area contributed by atoms with Crippen LogP contribution in [0.2, 0.25) is 0 Å². The molecule has 2 aromatic carbocycles. The van der Waals surface area contributed by atoms with Gasteiger partial charge in [-0.15, -0.1) is 0 Å². The molecule has 0 bridgehead atoms. The molecule has 2 aromatic heterocycles. The fourth-order valence-corrected chi connectivity index (χ4v) is 4.94. The minimum absolute atomic E-state index is 0.0741. The summed E-state index contributed by atoms with van der Waals surface area (Å²) in [5, 5.41) is 7.32. The van der Waals surface area contributed by atoms with Crippen molar-refractivity contribution in [3.63, 3.8) is 0 Å². The highest BCUT2D eigenvalue weighted by molar-refractivity contribution is 7.85. The number of rotatable bonds is 9. The fraction of sp³-hybridized carbons (Fsp3) is 0.333. The van der Waals surface area contributed by atoms with Gasteiger partial charge >= 0.3 is 0 Å². The standard InChI is InChI=1S/C24H30N6O2.C6H6O3S/c1-16(2)32-21-14-30(15-21)23(31)8-7-18-5-6-19(11-17(18)3)22-9-10-25-24(28-22)27-20-12-26-29(4)13-20;7-10(8,9)6-4-2-1-3-5-6/h5-6,9-13,16,21H,7-8,14-15H2,1-4H3,(H,25,27,28);1-5H,(H,7,8,9). The topological polar surface area (TPSA) is 140 Å². The number of nitrogens with one attached hydrogen (secondary N) is 1. The Kier molecular flexibility index (Phi) is 10.0. The lowest BCUT2D eigenvalue weighted by molar-refractivity contribution is -0.148. The van der Waals surface area contributed by atoms with E-state index in [0.717, 1.165) is 28.9 Å². The van der Waals surface area contributed by atoms with Gasteiger partial charge in [-0.1, -0.05) is 30.3 Å². The van der Waals surface area contributed by atoms with Crippen molar-refractivity contribution in [2.75, 3.05) is 18.4 Å². The van der Waals surface area contributed by atoms with Crippen molar-refractivity contribution < 1.29 is 22.5 Å². The van der Waals surface area contributed by atoms with Gasteiger partial charge in [0.2, 0.25) is 11.9 Å². The van der Waals surface area contributed by atoms with Crippen LogP contribution < -0.4 is 5.32 Å². The molecular formula is C30H36N6O5S. The molecule has 0 atom stereocenters. The molecule has 0 radical (unpaired) electrons. The number of ether oxygens (including phenoxy) is 1. The molecule has 0 saturated carbocycles. The van der Waals surface area contributed by atoms with Gasteiger partial charge in [0.15, 0.2) is 0 Å². The van der Waals surface area contributed by atoms with E-state index in [-0.39, 0.29) is 23.0 Å². The van der Waals surface area contributed by atoms with Gasteiger partial charge in [-0.25, -0.2) is 9.97 Å². The number of nitrogens with zero attached hydrogens (tertiary/aromatic N) is 5. The van der Waals surface area contributed by atoms with Gasteiger partial charge in [-0.3, -0.25) is 14.0 Å². The molecule has 4 aromatic rings. The predicted octanol–water partition coefficient (Wildman–Crippen LogP) is 4.43. The first-order valence-electron chi connectivity index (χ1n) is 13.6. The summed E-state index contributed by atoms with van der Waals surface area (Å²) in [6, 6.07) is 15.6. The molecule has 12 heteroatoms. The molecular weight excluding hydrogens is 556 g/mol. The van der Waals surface area contributed by atoms with E-state index < -0.39 is 10.1 Å². The zero-order valence-electron chi connectivity index (χ0n) is 24.1. The molecule has 1 aliphatic heterocycles. The largest absolute Gasteiger partial charge is 0.372 e. The minimum atomic E-state index is -4.00. The van der Waals surface area contributed by atoms with Crippen LogP contribution in [0.4, 0.5) is 11.6 Å². The van der Waals surface area contributed by atoms with E-state index >= 15 is 0 Å². The summed E-state index contributed by atoms with van der Waals surface area (Å²) in [5.74, 6) is 0.719. The average molecular weight is 593 g/mol. The van der Waals surface area contributed by atoms with Crippen molar-refractivity contribution in [1.29, 1.82) is 0 Å². The normalized spacial score (nSPS) is 13.3. The zero-order chi connectivity index (χ0) is 30.3. The molecule has 222 valence electrons. The molecule has 2 N–H and O–H groups in total. The number of carbonyl (C=O) groups excluding carboxylic acids is 1. The Hall–Kier alpha value is -4.13. The smallest absolute Gasteiger partial charge is 0.294 e. The maximum Gasteiger partial charge on any atom is 0.294 e. The molecule has 11 nitrogen and oxygen atoms in total. The minimum Gasteiger partial charge on any atom is -0.372 e. The molecule has 0 spiro atoms. The van der Waals surface area contributed by atoms with Gasteiger partial charge in [-0.05, 0) is 62.6 Å². The lowest BCUT2D eigenvalue weighted by Crippen LogP contribution is -2.55. The first-order chi connectivity index (χ1) is 20.0. The van der Waals surface area contributed by atoms with Crippen molar-refractivity contribution in [3.05, 3.63) is 84.3 Å².